The molecule has 4 nitrogen and oxygen atoms in total. The third kappa shape index (κ3) is 2.22. The van der Waals surface area contributed by atoms with Crippen molar-refractivity contribution >= 4 is 17.0 Å². The Morgan fingerprint density at radius 3 is 2.72 bits per heavy atom. The van der Waals surface area contributed by atoms with Crippen molar-refractivity contribution in [2.45, 2.75) is 6.61 Å². The number of rotatable bonds is 3. The molecular formula is C13H13NO3S. The Morgan fingerprint density at radius 1 is 1.22 bits per heavy atom. The molecule has 0 bridgehead atoms. The normalized spacial score (nSPS) is 13.3. The minimum Gasteiger partial charge on any atom is -0.486 e. The molecule has 2 N–H and O–H groups in total. The van der Waals surface area contributed by atoms with E-state index in [0.717, 1.165) is 4.88 Å². The van der Waals surface area contributed by atoms with Crippen LogP contribution >= 0.6 is 11.3 Å². The summed E-state index contributed by atoms with van der Waals surface area (Å²) in [5, 5.41) is 2.02. The zero-order valence-corrected chi connectivity index (χ0v) is 10.5. The number of anilines is 1. The number of nitrogen functional groups attached to an aromatic ring is 1. The quantitative estimate of drug-likeness (QED) is 0.865. The maximum atomic E-state index is 5.93. The third-order valence-electron chi connectivity index (χ3n) is 2.62. The summed E-state index contributed by atoms with van der Waals surface area (Å²) >= 11 is 1.66. The highest BCUT2D eigenvalue weighted by molar-refractivity contribution is 7.09. The van der Waals surface area contributed by atoms with Crippen LogP contribution in [0.1, 0.15) is 4.88 Å². The number of thiophene rings is 1. The fraction of sp³-hybridized carbons (Fsp3) is 0.231. The second-order valence-electron chi connectivity index (χ2n) is 3.90. The van der Waals surface area contributed by atoms with E-state index < -0.39 is 0 Å². The van der Waals surface area contributed by atoms with E-state index in [1.54, 1.807) is 23.5 Å². The summed E-state index contributed by atoms with van der Waals surface area (Å²) in [4.78, 5) is 1.16. The van der Waals surface area contributed by atoms with Crippen molar-refractivity contribution in [3.05, 3.63) is 34.5 Å². The van der Waals surface area contributed by atoms with Gasteiger partial charge in [0.25, 0.3) is 0 Å². The van der Waals surface area contributed by atoms with Crippen LogP contribution in [-0.2, 0) is 6.61 Å². The van der Waals surface area contributed by atoms with E-state index in [2.05, 4.69) is 0 Å². The maximum Gasteiger partial charge on any atom is 0.165 e. The smallest absolute Gasteiger partial charge is 0.165 e. The summed E-state index contributed by atoms with van der Waals surface area (Å²) in [7, 11) is 0. The van der Waals surface area contributed by atoms with Gasteiger partial charge in [0.15, 0.2) is 11.5 Å². The van der Waals surface area contributed by atoms with E-state index in [9.17, 15) is 0 Å². The molecule has 1 aliphatic heterocycles. The molecule has 1 aromatic carbocycles. The van der Waals surface area contributed by atoms with Crippen molar-refractivity contribution in [3.63, 3.8) is 0 Å². The summed E-state index contributed by atoms with van der Waals surface area (Å²) in [6.45, 7) is 1.63. The lowest BCUT2D eigenvalue weighted by Crippen LogP contribution is -2.15. The van der Waals surface area contributed by atoms with Gasteiger partial charge >= 0.3 is 0 Å². The number of benzene rings is 1. The van der Waals surface area contributed by atoms with E-state index >= 15 is 0 Å². The van der Waals surface area contributed by atoms with Crippen LogP contribution in [0.2, 0.25) is 0 Å². The number of nitrogens with two attached hydrogens (primary N) is 1. The van der Waals surface area contributed by atoms with Crippen LogP contribution in [0.5, 0.6) is 17.2 Å². The molecule has 0 amide bonds. The lowest BCUT2D eigenvalue weighted by atomic mass is 10.2. The molecule has 94 valence electrons. The van der Waals surface area contributed by atoms with E-state index in [1.165, 1.54) is 0 Å². The summed E-state index contributed by atoms with van der Waals surface area (Å²) in [6, 6.07) is 7.56. The molecule has 2 heterocycles. The van der Waals surface area contributed by atoms with Crippen molar-refractivity contribution in [2.24, 2.45) is 0 Å². The first kappa shape index (κ1) is 11.2. The Labute approximate surface area is 109 Å². The second-order valence-corrected chi connectivity index (χ2v) is 4.93. The molecule has 0 spiro atoms. The monoisotopic (exact) mass is 263 g/mol. The van der Waals surface area contributed by atoms with E-state index in [0.29, 0.717) is 42.8 Å². The minimum atomic E-state index is 0.515. The molecule has 0 unspecified atom stereocenters. The van der Waals surface area contributed by atoms with Crippen molar-refractivity contribution in [1.29, 1.82) is 0 Å². The first-order valence-electron chi connectivity index (χ1n) is 5.67. The van der Waals surface area contributed by atoms with Gasteiger partial charge in [0, 0.05) is 17.0 Å². The SMILES string of the molecule is Nc1cc2c(cc1OCc1cccs1)OCCO2. The topological polar surface area (TPSA) is 53.7 Å². The molecule has 3 rings (SSSR count). The van der Waals surface area contributed by atoms with Crippen LogP contribution in [0.4, 0.5) is 5.69 Å². The zero-order valence-electron chi connectivity index (χ0n) is 9.72. The second kappa shape index (κ2) is 4.78. The molecule has 0 saturated carbocycles. The number of ether oxygens (including phenoxy) is 3. The Balaban J connectivity index is 1.79. The average Bonchev–Trinajstić information content (AvgIpc) is 2.89. The molecule has 0 atom stereocenters. The van der Waals surface area contributed by atoms with Gasteiger partial charge in [0.1, 0.15) is 25.6 Å². The van der Waals surface area contributed by atoms with Gasteiger partial charge in [0.2, 0.25) is 0 Å². The number of fused-ring (bicyclic) bond motifs is 1. The Bertz CT molecular complexity index is 539. The maximum absolute atomic E-state index is 5.93. The molecule has 2 aromatic rings. The lowest BCUT2D eigenvalue weighted by Gasteiger charge is -2.20. The van der Waals surface area contributed by atoms with Crippen LogP contribution in [-0.4, -0.2) is 13.2 Å². The third-order valence-corrected chi connectivity index (χ3v) is 3.47. The van der Waals surface area contributed by atoms with Gasteiger partial charge in [-0.05, 0) is 11.4 Å². The number of hydrogen-bond acceptors (Lipinski definition) is 5. The molecule has 5 heteroatoms. The summed E-state index contributed by atoms with van der Waals surface area (Å²) < 4.78 is 16.6. The Morgan fingerprint density at radius 2 is 2.00 bits per heavy atom. The number of hydrogen-bond donors (Lipinski definition) is 1. The summed E-state index contributed by atoms with van der Waals surface area (Å²) in [6.07, 6.45) is 0. The molecule has 1 aromatic heterocycles. The summed E-state index contributed by atoms with van der Waals surface area (Å²) in [5.74, 6) is 2.01. The molecular weight excluding hydrogens is 250 g/mol. The molecule has 0 saturated heterocycles. The van der Waals surface area contributed by atoms with Gasteiger partial charge in [0.05, 0.1) is 5.69 Å². The van der Waals surface area contributed by atoms with Gasteiger partial charge in [-0.3, -0.25) is 0 Å². The van der Waals surface area contributed by atoms with Crippen molar-refractivity contribution < 1.29 is 14.2 Å². The van der Waals surface area contributed by atoms with Gasteiger partial charge < -0.3 is 19.9 Å². The largest absolute Gasteiger partial charge is 0.486 e. The fourth-order valence-corrected chi connectivity index (χ4v) is 2.37. The summed E-state index contributed by atoms with van der Waals surface area (Å²) in [5.41, 5.74) is 6.49. The van der Waals surface area contributed by atoms with E-state index in [1.807, 2.05) is 17.5 Å². The van der Waals surface area contributed by atoms with Crippen LogP contribution in [0, 0.1) is 0 Å². The molecule has 0 aliphatic carbocycles. The van der Waals surface area contributed by atoms with Gasteiger partial charge in [-0.1, -0.05) is 6.07 Å². The van der Waals surface area contributed by atoms with Crippen molar-refractivity contribution in [1.82, 2.24) is 0 Å². The fourth-order valence-electron chi connectivity index (χ4n) is 1.75. The van der Waals surface area contributed by atoms with E-state index in [4.69, 9.17) is 19.9 Å². The standard InChI is InChI=1S/C13H13NO3S/c14-10-6-12-13(16-4-3-15-12)7-11(10)17-8-9-2-1-5-18-9/h1-2,5-7H,3-4,8,14H2. The highest BCUT2D eigenvalue weighted by Gasteiger charge is 2.15. The molecule has 1 aliphatic rings. The molecule has 18 heavy (non-hydrogen) atoms. The van der Waals surface area contributed by atoms with Crippen LogP contribution in [0.15, 0.2) is 29.6 Å². The van der Waals surface area contributed by atoms with Crippen molar-refractivity contribution in [2.75, 3.05) is 18.9 Å². The highest BCUT2D eigenvalue weighted by Crippen LogP contribution is 2.38. The van der Waals surface area contributed by atoms with Crippen LogP contribution in [0.3, 0.4) is 0 Å². The highest BCUT2D eigenvalue weighted by atomic mass is 32.1. The van der Waals surface area contributed by atoms with E-state index in [-0.39, 0.29) is 0 Å². The van der Waals surface area contributed by atoms with Crippen LogP contribution < -0.4 is 19.9 Å². The van der Waals surface area contributed by atoms with Gasteiger partial charge in [-0.25, -0.2) is 0 Å². The van der Waals surface area contributed by atoms with Crippen LogP contribution in [0.25, 0.3) is 0 Å². The first-order chi connectivity index (χ1) is 8.83. The minimum absolute atomic E-state index is 0.515. The molecule has 0 radical (unpaired) electrons. The average molecular weight is 263 g/mol. The Hall–Kier alpha value is -1.88. The first-order valence-corrected chi connectivity index (χ1v) is 6.55. The van der Waals surface area contributed by atoms with Crippen molar-refractivity contribution in [3.8, 4) is 17.2 Å². The van der Waals surface area contributed by atoms with Gasteiger partial charge in [-0.2, -0.15) is 0 Å². The molecule has 0 fully saturated rings. The zero-order chi connectivity index (χ0) is 12.4. The van der Waals surface area contributed by atoms with Gasteiger partial charge in [-0.15, -0.1) is 11.3 Å². The predicted molar refractivity (Wildman–Crippen MR) is 70.5 cm³/mol. The lowest BCUT2D eigenvalue weighted by molar-refractivity contribution is 0.170. The Kier molecular flexibility index (Phi) is 2.98. The predicted octanol–water partition coefficient (Wildman–Crippen LogP) is 2.68.